The summed E-state index contributed by atoms with van der Waals surface area (Å²) in [7, 11) is 0. The van der Waals surface area contributed by atoms with Crippen LogP contribution in [0.4, 0.5) is 0 Å². The van der Waals surface area contributed by atoms with Crippen molar-refractivity contribution >= 4 is 49.9 Å². The second-order valence-electron chi connectivity index (χ2n) is 2.61. The lowest BCUT2D eigenvalue weighted by molar-refractivity contribution is 1.62. The molecule has 13 heavy (non-hydrogen) atoms. The number of hydrogen-bond acceptors (Lipinski definition) is 1. The predicted octanol–water partition coefficient (Wildman–Crippen LogP) is 4.78. The quantitative estimate of drug-likeness (QED) is 0.638. The summed E-state index contributed by atoms with van der Waals surface area (Å²) in [5.41, 5.74) is 2.62. The SMILES string of the molecule is Brc1ccc(-c2ccsc2I)cc1. The fourth-order valence-corrected chi connectivity index (χ4v) is 2.96. The molecule has 0 saturated heterocycles. The molecule has 2 aromatic rings. The van der Waals surface area contributed by atoms with E-state index in [2.05, 4.69) is 74.2 Å². The molecule has 1 heterocycles. The molecule has 1 aromatic carbocycles. The molecule has 0 atom stereocenters. The first kappa shape index (κ1) is 9.68. The minimum Gasteiger partial charge on any atom is -0.137 e. The highest BCUT2D eigenvalue weighted by molar-refractivity contribution is 14.1. The Kier molecular flexibility index (Phi) is 3.06. The number of halogens is 2. The minimum atomic E-state index is 1.13. The van der Waals surface area contributed by atoms with Gasteiger partial charge in [0.15, 0.2) is 0 Å². The van der Waals surface area contributed by atoms with Crippen molar-refractivity contribution in [2.75, 3.05) is 0 Å². The molecule has 0 fully saturated rings. The summed E-state index contributed by atoms with van der Waals surface area (Å²) >= 11 is 7.58. The molecule has 0 aliphatic carbocycles. The van der Waals surface area contributed by atoms with Crippen LogP contribution in [0.25, 0.3) is 11.1 Å². The first-order chi connectivity index (χ1) is 6.27. The van der Waals surface area contributed by atoms with Gasteiger partial charge in [-0.05, 0) is 51.7 Å². The zero-order valence-electron chi connectivity index (χ0n) is 6.63. The average Bonchev–Trinajstić information content (AvgIpc) is 2.53. The van der Waals surface area contributed by atoms with Gasteiger partial charge in [0.25, 0.3) is 0 Å². The monoisotopic (exact) mass is 364 g/mol. The van der Waals surface area contributed by atoms with E-state index in [4.69, 9.17) is 0 Å². The Labute approximate surface area is 103 Å². The number of rotatable bonds is 1. The molecular weight excluding hydrogens is 359 g/mol. The van der Waals surface area contributed by atoms with Gasteiger partial charge < -0.3 is 0 Å². The van der Waals surface area contributed by atoms with Crippen molar-refractivity contribution in [2.45, 2.75) is 0 Å². The van der Waals surface area contributed by atoms with Crippen molar-refractivity contribution < 1.29 is 0 Å². The highest BCUT2D eigenvalue weighted by Gasteiger charge is 2.02. The van der Waals surface area contributed by atoms with E-state index in [1.165, 1.54) is 14.0 Å². The molecule has 1 aromatic heterocycles. The van der Waals surface area contributed by atoms with Crippen molar-refractivity contribution in [1.82, 2.24) is 0 Å². The Morgan fingerprint density at radius 3 is 2.31 bits per heavy atom. The molecule has 0 radical (unpaired) electrons. The van der Waals surface area contributed by atoms with Gasteiger partial charge in [-0.25, -0.2) is 0 Å². The van der Waals surface area contributed by atoms with Crippen molar-refractivity contribution in [3.05, 3.63) is 43.1 Å². The third-order valence-electron chi connectivity index (χ3n) is 1.77. The number of thiophene rings is 1. The van der Waals surface area contributed by atoms with Crippen LogP contribution in [0.3, 0.4) is 0 Å². The Morgan fingerprint density at radius 1 is 1.08 bits per heavy atom. The topological polar surface area (TPSA) is 0 Å². The third-order valence-corrected chi connectivity index (χ3v) is 4.34. The smallest absolute Gasteiger partial charge is 0.0731 e. The summed E-state index contributed by atoms with van der Waals surface area (Å²) in [6.07, 6.45) is 0. The van der Waals surface area contributed by atoms with E-state index in [-0.39, 0.29) is 0 Å². The maximum atomic E-state index is 3.43. The zero-order valence-corrected chi connectivity index (χ0v) is 11.2. The minimum absolute atomic E-state index is 1.13. The molecule has 2 rings (SSSR count). The van der Waals surface area contributed by atoms with Crippen LogP contribution in [0.5, 0.6) is 0 Å². The third kappa shape index (κ3) is 2.14. The molecule has 0 saturated carbocycles. The van der Waals surface area contributed by atoms with E-state index in [1.54, 1.807) is 11.3 Å². The van der Waals surface area contributed by atoms with Crippen LogP contribution >= 0.6 is 49.9 Å². The fraction of sp³-hybridized carbons (Fsp3) is 0. The summed E-state index contributed by atoms with van der Waals surface area (Å²) in [6, 6.07) is 10.6. The lowest BCUT2D eigenvalue weighted by atomic mass is 10.1. The Morgan fingerprint density at radius 2 is 1.77 bits per heavy atom. The van der Waals surface area contributed by atoms with Gasteiger partial charge in [-0.1, -0.05) is 28.1 Å². The van der Waals surface area contributed by atoms with Gasteiger partial charge in [0.1, 0.15) is 0 Å². The first-order valence-electron chi connectivity index (χ1n) is 3.76. The van der Waals surface area contributed by atoms with Crippen LogP contribution in [0.15, 0.2) is 40.2 Å². The summed E-state index contributed by atoms with van der Waals surface area (Å²) in [6.45, 7) is 0. The van der Waals surface area contributed by atoms with E-state index < -0.39 is 0 Å². The Balaban J connectivity index is 2.47. The molecule has 0 aliphatic heterocycles. The summed E-state index contributed by atoms with van der Waals surface area (Å²) in [4.78, 5) is 0. The highest BCUT2D eigenvalue weighted by atomic mass is 127. The highest BCUT2D eigenvalue weighted by Crippen LogP contribution is 2.30. The number of benzene rings is 1. The average molecular weight is 365 g/mol. The second-order valence-corrected chi connectivity index (χ2v) is 6.26. The largest absolute Gasteiger partial charge is 0.137 e. The van der Waals surface area contributed by atoms with Crippen LogP contribution in [-0.2, 0) is 0 Å². The Hall–Kier alpha value is 0.130. The Bertz CT molecular complexity index is 405. The normalized spacial score (nSPS) is 10.3. The van der Waals surface area contributed by atoms with E-state index in [0.29, 0.717) is 0 Å². The van der Waals surface area contributed by atoms with Gasteiger partial charge in [0.2, 0.25) is 0 Å². The van der Waals surface area contributed by atoms with Gasteiger partial charge in [-0.15, -0.1) is 11.3 Å². The van der Waals surface area contributed by atoms with E-state index in [9.17, 15) is 0 Å². The molecule has 0 unspecified atom stereocenters. The van der Waals surface area contributed by atoms with Gasteiger partial charge in [-0.2, -0.15) is 0 Å². The van der Waals surface area contributed by atoms with Gasteiger partial charge in [0, 0.05) is 10.0 Å². The van der Waals surface area contributed by atoms with Crippen LogP contribution < -0.4 is 0 Å². The molecule has 0 spiro atoms. The molecule has 0 nitrogen and oxygen atoms in total. The van der Waals surface area contributed by atoms with Gasteiger partial charge >= 0.3 is 0 Å². The second kappa shape index (κ2) is 4.11. The predicted molar refractivity (Wildman–Crippen MR) is 70.2 cm³/mol. The van der Waals surface area contributed by atoms with E-state index in [0.717, 1.165) is 4.47 Å². The molecule has 0 bridgehead atoms. The van der Waals surface area contributed by atoms with Crippen molar-refractivity contribution in [3.8, 4) is 11.1 Å². The van der Waals surface area contributed by atoms with E-state index in [1.807, 2.05) is 0 Å². The lowest BCUT2D eigenvalue weighted by Crippen LogP contribution is -1.74. The fourth-order valence-electron chi connectivity index (χ4n) is 1.13. The summed E-state index contributed by atoms with van der Waals surface area (Å²) in [5, 5.41) is 2.12. The van der Waals surface area contributed by atoms with Crippen LogP contribution in [0.1, 0.15) is 0 Å². The van der Waals surface area contributed by atoms with Crippen molar-refractivity contribution in [2.24, 2.45) is 0 Å². The number of hydrogen-bond donors (Lipinski definition) is 0. The standard InChI is InChI=1S/C10H6BrIS/c11-8-3-1-7(2-4-8)9-5-6-13-10(9)12/h1-6H. The summed E-state index contributed by atoms with van der Waals surface area (Å²) in [5.74, 6) is 0. The zero-order chi connectivity index (χ0) is 9.26. The van der Waals surface area contributed by atoms with Crippen LogP contribution in [-0.4, -0.2) is 0 Å². The van der Waals surface area contributed by atoms with Crippen LogP contribution in [0.2, 0.25) is 0 Å². The molecule has 0 aliphatic rings. The van der Waals surface area contributed by atoms with Crippen molar-refractivity contribution in [3.63, 3.8) is 0 Å². The van der Waals surface area contributed by atoms with Gasteiger partial charge in [-0.3, -0.25) is 0 Å². The van der Waals surface area contributed by atoms with Gasteiger partial charge in [0.05, 0.1) is 2.88 Å². The molecule has 0 amide bonds. The maximum absolute atomic E-state index is 3.43. The van der Waals surface area contributed by atoms with E-state index >= 15 is 0 Å². The lowest BCUT2D eigenvalue weighted by Gasteiger charge is -1.98. The first-order valence-corrected chi connectivity index (χ1v) is 6.51. The van der Waals surface area contributed by atoms with Crippen molar-refractivity contribution in [1.29, 1.82) is 0 Å². The molecular formula is C10H6BrIS. The molecule has 3 heteroatoms. The maximum Gasteiger partial charge on any atom is 0.0731 e. The molecule has 0 N–H and O–H groups in total. The summed E-state index contributed by atoms with van der Waals surface area (Å²) < 4.78 is 2.47. The molecule has 66 valence electrons. The van der Waals surface area contributed by atoms with Crippen LogP contribution in [0, 0.1) is 2.88 Å².